The van der Waals surface area contributed by atoms with Crippen LogP contribution in [0.3, 0.4) is 0 Å². The van der Waals surface area contributed by atoms with E-state index in [9.17, 15) is 14.4 Å². The van der Waals surface area contributed by atoms with Crippen molar-refractivity contribution in [3.8, 4) is 0 Å². The fourth-order valence-corrected chi connectivity index (χ4v) is 0.228. The van der Waals surface area contributed by atoms with Gasteiger partial charge in [0, 0.05) is 0 Å². The first-order valence-electron chi connectivity index (χ1n) is 2.06. The molecule has 6 nitrogen and oxygen atoms in total. The summed E-state index contributed by atoms with van der Waals surface area (Å²) in [6, 6.07) is 0. The molecule has 11 heavy (non-hydrogen) atoms. The Morgan fingerprint density at radius 2 is 1.09 bits per heavy atom. The Morgan fingerprint density at radius 3 is 1.27 bits per heavy atom. The molecule has 0 aromatic carbocycles. The molecule has 0 rings (SSSR count). The van der Waals surface area contributed by atoms with E-state index >= 15 is 0 Å². The lowest BCUT2D eigenvalue weighted by atomic mass is 10.9. The van der Waals surface area contributed by atoms with Gasteiger partial charge in [-0.2, -0.15) is 15.0 Å². The largest absolute Gasteiger partial charge is 0.267 e. The Balaban J connectivity index is 0. The minimum absolute atomic E-state index is 0. The molecule has 0 bridgehead atoms. The van der Waals surface area contributed by atoms with Gasteiger partial charge in [-0.15, -0.1) is 0 Å². The van der Waals surface area contributed by atoms with Crippen LogP contribution in [0.1, 0.15) is 0 Å². The van der Waals surface area contributed by atoms with E-state index in [1.54, 1.807) is 0 Å². The lowest BCUT2D eigenvalue weighted by molar-refractivity contribution is 0.545. The number of rotatable bonds is 3. The van der Waals surface area contributed by atoms with Crippen LogP contribution >= 0.6 is 0 Å². The summed E-state index contributed by atoms with van der Waals surface area (Å²) >= 11 is 0. The molecule has 58 valence electrons. The zero-order chi connectivity index (χ0) is 7.82. The van der Waals surface area contributed by atoms with Gasteiger partial charge in [0.15, 0.2) is 0 Å². The molecule has 0 unspecified atom stereocenters. The second-order valence-electron chi connectivity index (χ2n) is 1.01. The third-order valence-corrected chi connectivity index (χ3v) is 0.505. The summed E-state index contributed by atoms with van der Waals surface area (Å²) in [4.78, 5) is 37.0. The monoisotopic (exact) mass is 171 g/mol. The topological polar surface area (TPSA) is 88.3 Å². The number of aliphatic imine (C=N–C) groups is 3. The van der Waals surface area contributed by atoms with Crippen LogP contribution in [-0.2, 0) is 14.4 Å². The van der Waals surface area contributed by atoms with Crippen molar-refractivity contribution in [2.75, 3.05) is 0 Å². The Morgan fingerprint density at radius 1 is 0.818 bits per heavy atom. The molecule has 0 spiro atoms. The van der Waals surface area contributed by atoms with Gasteiger partial charge in [0.05, 0.1) is 0 Å². The highest BCUT2D eigenvalue weighted by atomic mass is 28.1. The highest BCUT2D eigenvalue weighted by Gasteiger charge is 1.96. The summed E-state index contributed by atoms with van der Waals surface area (Å²) in [6.07, 6.45) is 1.83. The molecule has 0 aromatic heterocycles. The van der Waals surface area contributed by atoms with Gasteiger partial charge < -0.3 is 0 Å². The van der Waals surface area contributed by atoms with E-state index in [0.717, 1.165) is 18.2 Å². The quantitative estimate of drug-likeness (QED) is 0.275. The molecule has 0 saturated heterocycles. The van der Waals surface area contributed by atoms with Crippen LogP contribution in [0, 0.1) is 0 Å². The Bertz CT molecular complexity index is 205. The van der Waals surface area contributed by atoms with E-state index in [-0.39, 0.29) is 11.0 Å². The molecular weight excluding hydrogens is 166 g/mol. The first-order valence-corrected chi connectivity index (χ1v) is 2.06. The highest BCUT2D eigenvalue weighted by Crippen LogP contribution is 1.89. The SMILES string of the molecule is O=C=NC(N=C=O)N=C=O.[SiH4]. The predicted molar refractivity (Wildman–Crippen MR) is 39.5 cm³/mol. The summed E-state index contributed by atoms with van der Waals surface area (Å²) in [5, 5.41) is 0. The fourth-order valence-electron chi connectivity index (χ4n) is 0.228. The first kappa shape index (κ1) is 12.1. The van der Waals surface area contributed by atoms with Crippen molar-refractivity contribution in [1.82, 2.24) is 0 Å². The fraction of sp³-hybridized carbons (Fsp3) is 0.250. The Hall–Kier alpha value is -1.64. The third-order valence-electron chi connectivity index (χ3n) is 0.505. The highest BCUT2D eigenvalue weighted by molar-refractivity contribution is 5.75. The van der Waals surface area contributed by atoms with Gasteiger partial charge in [0.2, 0.25) is 18.2 Å². The number of nitrogens with zero attached hydrogens (tertiary/aromatic N) is 3. The minimum atomic E-state index is -1.37. The van der Waals surface area contributed by atoms with Crippen molar-refractivity contribution in [3.63, 3.8) is 0 Å². The van der Waals surface area contributed by atoms with E-state index in [1.165, 1.54) is 0 Å². The van der Waals surface area contributed by atoms with Crippen molar-refractivity contribution in [2.24, 2.45) is 15.0 Å². The molecule has 0 radical (unpaired) electrons. The van der Waals surface area contributed by atoms with Gasteiger partial charge >= 0.3 is 0 Å². The zero-order valence-electron chi connectivity index (χ0n) is 4.64. The van der Waals surface area contributed by atoms with Gasteiger partial charge in [-0.3, -0.25) is 0 Å². The van der Waals surface area contributed by atoms with E-state index in [1.807, 2.05) is 0 Å². The van der Waals surface area contributed by atoms with Crippen LogP contribution in [0.15, 0.2) is 15.0 Å². The van der Waals surface area contributed by atoms with Gasteiger partial charge in [-0.05, 0) is 11.0 Å². The van der Waals surface area contributed by atoms with E-state index in [2.05, 4.69) is 15.0 Å². The van der Waals surface area contributed by atoms with Crippen molar-refractivity contribution >= 4 is 29.2 Å². The van der Waals surface area contributed by atoms with Gasteiger partial charge in [0.25, 0.3) is 6.29 Å². The molecule has 0 atom stereocenters. The summed E-state index contributed by atoms with van der Waals surface area (Å²) < 4.78 is 0. The van der Waals surface area contributed by atoms with Gasteiger partial charge in [0.1, 0.15) is 0 Å². The summed E-state index contributed by atoms with van der Waals surface area (Å²) in [6.45, 7) is 0. The average molecular weight is 171 g/mol. The van der Waals surface area contributed by atoms with Crippen LogP contribution < -0.4 is 0 Å². The molecule has 0 N–H and O–H groups in total. The van der Waals surface area contributed by atoms with E-state index in [4.69, 9.17) is 0 Å². The number of hydrogen-bond acceptors (Lipinski definition) is 6. The molecule has 0 heterocycles. The minimum Gasteiger partial charge on any atom is -0.211 e. The second-order valence-corrected chi connectivity index (χ2v) is 1.01. The van der Waals surface area contributed by atoms with Crippen molar-refractivity contribution in [1.29, 1.82) is 0 Å². The molecule has 0 fully saturated rings. The van der Waals surface area contributed by atoms with Crippen LogP contribution in [0.5, 0.6) is 0 Å². The van der Waals surface area contributed by atoms with Crippen molar-refractivity contribution < 1.29 is 14.4 Å². The Labute approximate surface area is 65.8 Å². The van der Waals surface area contributed by atoms with Crippen LogP contribution in [0.4, 0.5) is 0 Å². The Kier molecular flexibility index (Phi) is 9.17. The number of hydrogen-bond donors (Lipinski definition) is 0. The molecule has 0 aliphatic heterocycles. The maximum Gasteiger partial charge on any atom is 0.267 e. The standard InChI is InChI=1S/C4HN3O3.H4Si/c8-1-5-4(6-2-9)7-3-10;/h4H;1H4. The molecule has 0 saturated carbocycles. The molecule has 0 aliphatic rings. The maximum atomic E-state index is 9.49. The normalized spacial score (nSPS) is 8.73. The number of carbonyl (C=O) groups excluding carboxylic acids is 3. The molecule has 7 heteroatoms. The molecule has 0 amide bonds. The van der Waals surface area contributed by atoms with Gasteiger partial charge in [-0.25, -0.2) is 14.4 Å². The van der Waals surface area contributed by atoms with Crippen LogP contribution in [0.25, 0.3) is 0 Å². The molecular formula is C4H5N3O3Si. The second kappa shape index (κ2) is 8.36. The van der Waals surface area contributed by atoms with E-state index < -0.39 is 6.29 Å². The summed E-state index contributed by atoms with van der Waals surface area (Å²) in [5.41, 5.74) is 0. The summed E-state index contributed by atoms with van der Waals surface area (Å²) in [5.74, 6) is 0. The van der Waals surface area contributed by atoms with E-state index in [0.29, 0.717) is 0 Å². The molecule has 0 aliphatic carbocycles. The van der Waals surface area contributed by atoms with Crippen molar-refractivity contribution in [2.45, 2.75) is 6.29 Å². The smallest absolute Gasteiger partial charge is 0.211 e. The maximum absolute atomic E-state index is 9.49. The lowest BCUT2D eigenvalue weighted by Crippen LogP contribution is -1.92. The number of isocyanates is 3. The summed E-state index contributed by atoms with van der Waals surface area (Å²) in [7, 11) is 0. The van der Waals surface area contributed by atoms with Gasteiger partial charge in [-0.1, -0.05) is 0 Å². The average Bonchev–Trinajstić information content (AvgIpc) is 1.90. The van der Waals surface area contributed by atoms with Crippen LogP contribution in [-0.4, -0.2) is 35.5 Å². The third kappa shape index (κ3) is 6.24. The predicted octanol–water partition coefficient (Wildman–Crippen LogP) is -2.17. The van der Waals surface area contributed by atoms with Crippen LogP contribution in [0.2, 0.25) is 0 Å². The first-order chi connectivity index (χ1) is 4.85. The zero-order valence-corrected chi connectivity index (χ0v) is 4.64. The van der Waals surface area contributed by atoms with Crippen molar-refractivity contribution in [3.05, 3.63) is 0 Å². The lowest BCUT2D eigenvalue weighted by Gasteiger charge is -1.85. The molecule has 0 aromatic rings.